The highest BCUT2D eigenvalue weighted by Gasteiger charge is 2.28. The lowest BCUT2D eigenvalue weighted by atomic mass is 9.98. The molecule has 24 heavy (non-hydrogen) atoms. The molecule has 1 atom stereocenters. The molecule has 1 aliphatic rings. The summed E-state index contributed by atoms with van der Waals surface area (Å²) in [5, 5.41) is 11.3. The van der Waals surface area contributed by atoms with Gasteiger partial charge in [-0.1, -0.05) is 25.0 Å². The average molecular weight is 349 g/mol. The van der Waals surface area contributed by atoms with Crippen molar-refractivity contribution in [3.05, 3.63) is 29.8 Å². The number of benzene rings is 1. The average Bonchev–Trinajstić information content (AvgIpc) is 3.07. The fourth-order valence-electron chi connectivity index (χ4n) is 2.69. The van der Waals surface area contributed by atoms with Gasteiger partial charge in [-0.05, 0) is 25.0 Å². The summed E-state index contributed by atoms with van der Waals surface area (Å²) in [6.45, 7) is 0. The summed E-state index contributed by atoms with van der Waals surface area (Å²) in [4.78, 5) is 23.8. The first-order valence-electron chi connectivity index (χ1n) is 7.67. The van der Waals surface area contributed by atoms with Crippen molar-refractivity contribution in [3.63, 3.8) is 0 Å². The van der Waals surface area contributed by atoms with Crippen molar-refractivity contribution in [2.24, 2.45) is 5.92 Å². The molecule has 128 valence electrons. The first-order chi connectivity index (χ1) is 11.4. The molecule has 0 aliphatic heterocycles. The summed E-state index contributed by atoms with van der Waals surface area (Å²) in [5.41, 5.74) is 0.0134. The molecule has 2 N–H and O–H groups in total. The van der Waals surface area contributed by atoms with Crippen molar-refractivity contribution in [2.45, 2.75) is 36.6 Å². The maximum atomic E-state index is 12.4. The summed E-state index contributed by atoms with van der Waals surface area (Å²) in [5.74, 6) is -2.95. The SMILES string of the molecule is CNC(=O)[C@@H](C#N)C(=O)c1cccc(S(=O)(=O)NC2CCCC2)c1. The zero-order chi connectivity index (χ0) is 17.7. The predicted octanol–water partition coefficient (Wildman–Crippen LogP) is 0.976. The number of nitrogens with zero attached hydrogens (tertiary/aromatic N) is 1. The Kier molecular flexibility index (Phi) is 5.70. The lowest BCUT2D eigenvalue weighted by Gasteiger charge is -2.13. The highest BCUT2D eigenvalue weighted by Crippen LogP contribution is 2.21. The van der Waals surface area contributed by atoms with Crippen LogP contribution in [0.1, 0.15) is 36.0 Å². The van der Waals surface area contributed by atoms with E-state index in [4.69, 9.17) is 5.26 Å². The van der Waals surface area contributed by atoms with Crippen LogP contribution >= 0.6 is 0 Å². The monoisotopic (exact) mass is 349 g/mol. The van der Waals surface area contributed by atoms with Crippen LogP contribution in [0.15, 0.2) is 29.2 Å². The van der Waals surface area contributed by atoms with Gasteiger partial charge in [-0.2, -0.15) is 5.26 Å². The number of Topliss-reactive ketones (excluding diaryl/α,β-unsaturated/α-hetero) is 1. The van der Waals surface area contributed by atoms with E-state index in [1.165, 1.54) is 31.3 Å². The molecule has 0 heterocycles. The highest BCUT2D eigenvalue weighted by molar-refractivity contribution is 7.89. The van der Waals surface area contributed by atoms with Crippen molar-refractivity contribution < 1.29 is 18.0 Å². The molecule has 0 saturated heterocycles. The third kappa shape index (κ3) is 3.99. The third-order valence-electron chi connectivity index (χ3n) is 4.01. The third-order valence-corrected chi connectivity index (χ3v) is 5.52. The van der Waals surface area contributed by atoms with Crippen molar-refractivity contribution in [1.29, 1.82) is 5.26 Å². The van der Waals surface area contributed by atoms with Gasteiger partial charge in [0.2, 0.25) is 15.9 Å². The molecule has 0 spiro atoms. The van der Waals surface area contributed by atoms with Crippen LogP contribution in [0.25, 0.3) is 0 Å². The summed E-state index contributed by atoms with van der Waals surface area (Å²) in [6.07, 6.45) is 3.57. The van der Waals surface area contributed by atoms with E-state index in [-0.39, 0.29) is 16.5 Å². The fourth-order valence-corrected chi connectivity index (χ4v) is 4.05. The smallest absolute Gasteiger partial charge is 0.245 e. The first kappa shape index (κ1) is 18.1. The maximum absolute atomic E-state index is 12.4. The lowest BCUT2D eigenvalue weighted by molar-refractivity contribution is -0.121. The zero-order valence-corrected chi connectivity index (χ0v) is 14.1. The molecule has 7 nitrogen and oxygen atoms in total. The van der Waals surface area contributed by atoms with E-state index in [0.717, 1.165) is 25.7 Å². The van der Waals surface area contributed by atoms with Gasteiger partial charge in [-0.25, -0.2) is 13.1 Å². The molecular weight excluding hydrogens is 330 g/mol. The van der Waals surface area contributed by atoms with Crippen LogP contribution in [0.2, 0.25) is 0 Å². The van der Waals surface area contributed by atoms with Gasteiger partial charge in [0.1, 0.15) is 0 Å². The van der Waals surface area contributed by atoms with Gasteiger partial charge in [0.05, 0.1) is 11.0 Å². The largest absolute Gasteiger partial charge is 0.358 e. The number of nitriles is 1. The van der Waals surface area contributed by atoms with Gasteiger partial charge in [-0.15, -0.1) is 0 Å². The van der Waals surface area contributed by atoms with E-state index in [1.54, 1.807) is 6.07 Å². The van der Waals surface area contributed by atoms with E-state index in [2.05, 4.69) is 10.0 Å². The van der Waals surface area contributed by atoms with Gasteiger partial charge in [0, 0.05) is 18.7 Å². The number of hydrogen-bond donors (Lipinski definition) is 2. The maximum Gasteiger partial charge on any atom is 0.245 e. The molecule has 1 aliphatic carbocycles. The Balaban J connectivity index is 2.26. The molecule has 0 bridgehead atoms. The number of sulfonamides is 1. The van der Waals surface area contributed by atoms with E-state index >= 15 is 0 Å². The van der Waals surface area contributed by atoms with Gasteiger partial charge in [0.25, 0.3) is 0 Å². The van der Waals surface area contributed by atoms with Crippen molar-refractivity contribution in [3.8, 4) is 6.07 Å². The number of carbonyl (C=O) groups is 2. The second-order valence-electron chi connectivity index (χ2n) is 5.67. The van der Waals surface area contributed by atoms with E-state index in [0.29, 0.717) is 0 Å². The van der Waals surface area contributed by atoms with Crippen LogP contribution < -0.4 is 10.0 Å². The Morgan fingerprint density at radius 2 is 1.96 bits per heavy atom. The summed E-state index contributed by atoms with van der Waals surface area (Å²) in [6, 6.07) is 6.95. The van der Waals surface area contributed by atoms with Gasteiger partial charge >= 0.3 is 0 Å². The molecule has 0 aromatic heterocycles. The zero-order valence-electron chi connectivity index (χ0n) is 13.3. The van der Waals surface area contributed by atoms with Crippen molar-refractivity contribution >= 4 is 21.7 Å². The lowest BCUT2D eigenvalue weighted by Crippen LogP contribution is -2.33. The molecule has 2 rings (SSSR count). The summed E-state index contributed by atoms with van der Waals surface area (Å²) < 4.78 is 27.5. The molecule has 1 fully saturated rings. The van der Waals surface area contributed by atoms with Gasteiger partial charge < -0.3 is 5.32 Å². The van der Waals surface area contributed by atoms with Crippen LogP contribution in [-0.2, 0) is 14.8 Å². The topological polar surface area (TPSA) is 116 Å². The van der Waals surface area contributed by atoms with Crippen LogP contribution in [-0.4, -0.2) is 33.2 Å². The van der Waals surface area contributed by atoms with Gasteiger partial charge in [-0.3, -0.25) is 9.59 Å². The highest BCUT2D eigenvalue weighted by atomic mass is 32.2. The summed E-state index contributed by atoms with van der Waals surface area (Å²) >= 11 is 0. The minimum atomic E-state index is -3.74. The van der Waals surface area contributed by atoms with Crippen LogP contribution in [0.5, 0.6) is 0 Å². The van der Waals surface area contributed by atoms with Crippen LogP contribution in [0.3, 0.4) is 0 Å². The predicted molar refractivity (Wildman–Crippen MR) is 86.5 cm³/mol. The van der Waals surface area contributed by atoms with Crippen LogP contribution in [0.4, 0.5) is 0 Å². The second-order valence-corrected chi connectivity index (χ2v) is 7.39. The molecular formula is C16H19N3O4S. The molecule has 1 saturated carbocycles. The standard InChI is InChI=1S/C16H19N3O4S/c1-18-16(21)14(10-17)15(20)11-5-4-8-13(9-11)24(22,23)19-12-6-2-3-7-12/h4-5,8-9,12,14,19H,2-3,6-7H2,1H3,(H,18,21)/t14-/m0/s1. The van der Waals surface area contributed by atoms with Crippen LogP contribution in [0, 0.1) is 17.2 Å². The minimum absolute atomic E-state index is 0.0134. The van der Waals surface area contributed by atoms with Crippen molar-refractivity contribution in [1.82, 2.24) is 10.0 Å². The number of amides is 1. The van der Waals surface area contributed by atoms with E-state index in [1.807, 2.05) is 0 Å². The fraction of sp³-hybridized carbons (Fsp3) is 0.438. The number of nitrogens with one attached hydrogen (secondary N) is 2. The molecule has 0 unspecified atom stereocenters. The Labute approximate surface area is 141 Å². The van der Waals surface area contributed by atoms with E-state index < -0.39 is 27.6 Å². The Bertz CT molecular complexity index is 777. The minimum Gasteiger partial charge on any atom is -0.358 e. The number of ketones is 1. The Morgan fingerprint density at radius 3 is 2.54 bits per heavy atom. The number of rotatable bonds is 6. The molecule has 0 radical (unpaired) electrons. The number of carbonyl (C=O) groups excluding carboxylic acids is 2. The molecule has 1 aromatic rings. The normalized spacial score (nSPS) is 16.3. The quantitative estimate of drug-likeness (QED) is 0.586. The number of hydrogen-bond acceptors (Lipinski definition) is 5. The van der Waals surface area contributed by atoms with E-state index in [9.17, 15) is 18.0 Å². The molecule has 8 heteroatoms. The first-order valence-corrected chi connectivity index (χ1v) is 9.15. The summed E-state index contributed by atoms with van der Waals surface area (Å²) in [7, 11) is -2.42. The Morgan fingerprint density at radius 1 is 1.29 bits per heavy atom. The molecule has 1 aromatic carbocycles. The van der Waals surface area contributed by atoms with Crippen molar-refractivity contribution in [2.75, 3.05) is 7.05 Å². The molecule has 1 amide bonds. The van der Waals surface area contributed by atoms with Gasteiger partial charge in [0.15, 0.2) is 11.7 Å². The Hall–Kier alpha value is -2.24. The second kappa shape index (κ2) is 7.55.